The Labute approximate surface area is 251 Å². The molecule has 7 nitrogen and oxygen atoms in total. The van der Waals surface area contributed by atoms with Crippen LogP contribution in [0.2, 0.25) is 0 Å². The van der Waals surface area contributed by atoms with Gasteiger partial charge >= 0.3 is 0 Å². The normalized spacial score (nSPS) is 19.1. The number of carbonyl (C=O) groups is 1. The molecule has 0 spiro atoms. The van der Waals surface area contributed by atoms with Gasteiger partial charge in [0.25, 0.3) is 0 Å². The average molecular weight is 607 g/mol. The third kappa shape index (κ3) is 6.70. The van der Waals surface area contributed by atoms with E-state index < -0.39 is 21.9 Å². The molecule has 1 fully saturated rings. The molecule has 1 amide bonds. The smallest absolute Gasteiger partial charge is 0.241 e. The Hall–Kier alpha value is -3.89. The summed E-state index contributed by atoms with van der Waals surface area (Å²) in [5.41, 5.74) is 3.39. The minimum Gasteiger partial charge on any atom is -0.337 e. The number of nitrogens with one attached hydrogen (secondary N) is 1. The topological polar surface area (TPSA) is 84.3 Å². The number of nitrogens with zero attached hydrogens (tertiary/aromatic N) is 3. The van der Waals surface area contributed by atoms with Crippen LogP contribution in [0.25, 0.3) is 0 Å². The highest BCUT2D eigenvalue weighted by Crippen LogP contribution is 2.49. The van der Waals surface area contributed by atoms with Crippen LogP contribution < -0.4 is 9.62 Å². The van der Waals surface area contributed by atoms with Gasteiger partial charge < -0.3 is 9.47 Å². The van der Waals surface area contributed by atoms with Gasteiger partial charge in [-0.05, 0) is 90.8 Å². The highest BCUT2D eigenvalue weighted by Gasteiger charge is 2.46. The lowest BCUT2D eigenvalue weighted by molar-refractivity contribution is -0.120. The number of hydrogen-bond acceptors (Lipinski definition) is 4. The first-order valence-corrected chi connectivity index (χ1v) is 16.1. The number of imidazole rings is 1. The molecule has 6 rings (SSSR count). The van der Waals surface area contributed by atoms with Crippen molar-refractivity contribution in [2.24, 2.45) is 13.0 Å². The Morgan fingerprint density at radius 1 is 1.05 bits per heavy atom. The van der Waals surface area contributed by atoms with Gasteiger partial charge in [0, 0.05) is 37.1 Å². The molecule has 226 valence electrons. The van der Waals surface area contributed by atoms with Crippen LogP contribution >= 0.6 is 0 Å². The quantitative estimate of drug-likeness (QED) is 0.251. The number of aryl methyl sites for hydroxylation is 2. The predicted molar refractivity (Wildman–Crippen MR) is 162 cm³/mol. The van der Waals surface area contributed by atoms with Crippen LogP contribution in [0, 0.1) is 17.6 Å². The number of anilines is 1. The molecule has 0 saturated heterocycles. The molecule has 2 aliphatic carbocycles. The fourth-order valence-electron chi connectivity index (χ4n) is 5.70. The number of sulfonamides is 1. The van der Waals surface area contributed by atoms with Crippen molar-refractivity contribution in [2.75, 3.05) is 4.90 Å². The fourth-order valence-corrected chi connectivity index (χ4v) is 6.98. The molecule has 1 heterocycles. The number of amides is 1. The summed E-state index contributed by atoms with van der Waals surface area (Å²) >= 11 is 0. The molecule has 10 heteroatoms. The summed E-state index contributed by atoms with van der Waals surface area (Å²) in [7, 11) is -2.11. The third-order valence-corrected chi connectivity index (χ3v) is 9.52. The molecule has 43 heavy (non-hydrogen) atoms. The van der Waals surface area contributed by atoms with Crippen LogP contribution in [-0.2, 0) is 34.8 Å². The Bertz CT molecular complexity index is 1710. The zero-order valence-corrected chi connectivity index (χ0v) is 25.3. The van der Waals surface area contributed by atoms with Crippen LogP contribution in [-0.4, -0.2) is 23.9 Å². The average Bonchev–Trinajstić information content (AvgIpc) is 3.71. The molecular weight excluding hydrogens is 570 g/mol. The number of fused-ring (bicyclic) bond motifs is 1. The summed E-state index contributed by atoms with van der Waals surface area (Å²) in [5, 5.41) is 0. The Kier molecular flexibility index (Phi) is 9.08. The number of carbonyl (C=O) groups excluding carboxylic acids is 1. The van der Waals surface area contributed by atoms with Gasteiger partial charge in [-0.15, -0.1) is 0 Å². The molecule has 0 bridgehead atoms. The molecule has 1 N–H and O–H groups in total. The van der Waals surface area contributed by atoms with Gasteiger partial charge in [0.2, 0.25) is 15.9 Å². The number of rotatable bonds is 8. The zero-order chi connectivity index (χ0) is 30.7. The standard InChI is InChI=1S/C31H30F2N4O3S.C2H6/c1-36-15-14-34-30(36)19-37(31(38)28-18-26(28)21-8-11-22(32)12-9-21)24-13-10-20-4-2-7-29(27(20)17-24)35-41(39,40)25-6-3-5-23(33)16-25;1-2/h3,5-6,8-17,26,28-29,35H,2,4,7,18-19H2,1H3;1-2H3/t26-,28+,29?;/m1./s1. The van der Waals surface area contributed by atoms with Crippen LogP contribution in [0.5, 0.6) is 0 Å². The van der Waals surface area contributed by atoms with Crippen molar-refractivity contribution in [1.29, 1.82) is 0 Å². The van der Waals surface area contributed by atoms with Gasteiger partial charge in [0.05, 0.1) is 11.4 Å². The molecule has 4 aromatic rings. The van der Waals surface area contributed by atoms with E-state index in [4.69, 9.17) is 0 Å². The molecule has 3 atom stereocenters. The van der Waals surface area contributed by atoms with Crippen LogP contribution in [0.4, 0.5) is 14.5 Å². The lowest BCUT2D eigenvalue weighted by Crippen LogP contribution is -2.34. The van der Waals surface area contributed by atoms with Gasteiger partial charge in [-0.25, -0.2) is 26.9 Å². The minimum atomic E-state index is -3.98. The minimum absolute atomic E-state index is 0.00965. The predicted octanol–water partition coefficient (Wildman–Crippen LogP) is 6.42. The Morgan fingerprint density at radius 2 is 1.81 bits per heavy atom. The molecule has 3 aromatic carbocycles. The van der Waals surface area contributed by atoms with Crippen molar-refractivity contribution in [3.8, 4) is 0 Å². The van der Waals surface area contributed by atoms with Gasteiger partial charge in [-0.1, -0.05) is 38.1 Å². The number of hydrogen-bond donors (Lipinski definition) is 1. The van der Waals surface area contributed by atoms with Gasteiger partial charge in [0.1, 0.15) is 17.5 Å². The third-order valence-electron chi connectivity index (χ3n) is 8.05. The summed E-state index contributed by atoms with van der Waals surface area (Å²) in [6.45, 7) is 4.24. The first-order valence-electron chi connectivity index (χ1n) is 14.6. The molecule has 1 aromatic heterocycles. The van der Waals surface area contributed by atoms with Gasteiger partial charge in [-0.3, -0.25) is 4.79 Å². The Morgan fingerprint density at radius 3 is 2.51 bits per heavy atom. The lowest BCUT2D eigenvalue weighted by Gasteiger charge is -2.29. The van der Waals surface area contributed by atoms with E-state index >= 15 is 0 Å². The monoisotopic (exact) mass is 606 g/mol. The second kappa shape index (κ2) is 12.8. The highest BCUT2D eigenvalue weighted by molar-refractivity contribution is 7.89. The molecular formula is C33H36F2N4O3S. The highest BCUT2D eigenvalue weighted by atomic mass is 32.2. The SMILES string of the molecule is CC.Cn1ccnc1CN(C(=O)[C@H]1C[C@@H]1c1ccc(F)cc1)c1ccc2c(c1)C(NS(=O)(=O)c1cccc(F)c1)CCC2. The van der Waals surface area contributed by atoms with E-state index in [0.717, 1.165) is 35.6 Å². The molecule has 1 unspecified atom stereocenters. The molecule has 2 aliphatic rings. The molecule has 0 radical (unpaired) electrons. The second-order valence-electron chi connectivity index (χ2n) is 10.8. The lowest BCUT2D eigenvalue weighted by atomic mass is 9.87. The first-order chi connectivity index (χ1) is 20.7. The van der Waals surface area contributed by atoms with E-state index in [2.05, 4.69) is 9.71 Å². The number of aromatic nitrogens is 2. The maximum Gasteiger partial charge on any atom is 0.241 e. The first kappa shape index (κ1) is 30.6. The number of benzene rings is 3. The summed E-state index contributed by atoms with van der Waals surface area (Å²) < 4.78 is 58.2. The van der Waals surface area contributed by atoms with E-state index in [1.54, 1.807) is 23.2 Å². The van der Waals surface area contributed by atoms with E-state index in [0.29, 0.717) is 24.4 Å². The maximum absolute atomic E-state index is 14.0. The maximum atomic E-state index is 14.0. The van der Waals surface area contributed by atoms with Crippen LogP contribution in [0.1, 0.15) is 67.6 Å². The molecule has 0 aliphatic heterocycles. The Balaban J connectivity index is 0.00000180. The van der Waals surface area contributed by atoms with Crippen LogP contribution in [0.3, 0.4) is 0 Å². The second-order valence-corrected chi connectivity index (χ2v) is 12.5. The van der Waals surface area contributed by atoms with Crippen molar-refractivity contribution in [3.63, 3.8) is 0 Å². The van der Waals surface area contributed by atoms with Crippen molar-refractivity contribution in [2.45, 2.75) is 62.9 Å². The van der Waals surface area contributed by atoms with Crippen molar-refractivity contribution in [3.05, 3.63) is 113 Å². The largest absolute Gasteiger partial charge is 0.337 e. The van der Waals surface area contributed by atoms with E-state index in [1.165, 1.54) is 30.3 Å². The van der Waals surface area contributed by atoms with Crippen molar-refractivity contribution in [1.82, 2.24) is 14.3 Å². The van der Waals surface area contributed by atoms with Gasteiger partial charge in [-0.2, -0.15) is 0 Å². The van der Waals surface area contributed by atoms with E-state index in [1.807, 2.05) is 49.9 Å². The van der Waals surface area contributed by atoms with Gasteiger partial charge in [0.15, 0.2) is 0 Å². The fraction of sp³-hybridized carbons (Fsp3) is 0.333. The summed E-state index contributed by atoms with van der Waals surface area (Å²) in [5.74, 6) is -0.533. The van der Waals surface area contributed by atoms with E-state index in [-0.39, 0.29) is 35.0 Å². The zero-order valence-electron chi connectivity index (χ0n) is 24.5. The van der Waals surface area contributed by atoms with E-state index in [9.17, 15) is 22.0 Å². The van der Waals surface area contributed by atoms with Crippen LogP contribution in [0.15, 0.2) is 84.0 Å². The summed E-state index contributed by atoms with van der Waals surface area (Å²) in [6, 6.07) is 16.4. The van der Waals surface area contributed by atoms with Crippen molar-refractivity contribution >= 4 is 21.6 Å². The number of halogens is 2. The summed E-state index contributed by atoms with van der Waals surface area (Å²) in [6.07, 6.45) is 6.33. The summed E-state index contributed by atoms with van der Waals surface area (Å²) in [4.78, 5) is 20.0. The van der Waals surface area contributed by atoms with Crippen molar-refractivity contribution < 1.29 is 22.0 Å². The molecule has 1 saturated carbocycles.